The largest absolute Gasteiger partial charge is 0.380 e. The standard InChI is InChI=1S/C15H27NO2/c1-16(9-10-18-11-14-5-6-14)12-15(13-17)7-3-2-4-8-15/h13-14H,2-12H2,1H3. The fourth-order valence-electron chi connectivity index (χ4n) is 2.94. The highest BCUT2D eigenvalue weighted by Crippen LogP contribution is 2.34. The lowest BCUT2D eigenvalue weighted by Gasteiger charge is -2.35. The van der Waals surface area contributed by atoms with Gasteiger partial charge in [0.05, 0.1) is 6.61 Å². The molecule has 0 spiro atoms. The Morgan fingerprint density at radius 1 is 1.28 bits per heavy atom. The fourth-order valence-corrected chi connectivity index (χ4v) is 2.94. The molecule has 0 atom stereocenters. The fraction of sp³-hybridized carbons (Fsp3) is 0.933. The summed E-state index contributed by atoms with van der Waals surface area (Å²) in [4.78, 5) is 13.7. The second kappa shape index (κ2) is 6.67. The molecule has 0 aromatic carbocycles. The molecule has 2 aliphatic rings. The molecule has 0 heterocycles. The Balaban J connectivity index is 1.64. The summed E-state index contributed by atoms with van der Waals surface area (Å²) in [7, 11) is 2.11. The lowest BCUT2D eigenvalue weighted by atomic mass is 9.75. The van der Waals surface area contributed by atoms with Crippen LogP contribution in [0.3, 0.4) is 0 Å². The van der Waals surface area contributed by atoms with E-state index in [4.69, 9.17) is 4.74 Å². The maximum absolute atomic E-state index is 11.4. The van der Waals surface area contributed by atoms with Crippen molar-refractivity contribution >= 4 is 6.29 Å². The minimum absolute atomic E-state index is 0.0660. The van der Waals surface area contributed by atoms with Crippen LogP contribution in [0.1, 0.15) is 44.9 Å². The first-order valence-corrected chi connectivity index (χ1v) is 7.47. The minimum Gasteiger partial charge on any atom is -0.380 e. The molecule has 0 radical (unpaired) electrons. The summed E-state index contributed by atoms with van der Waals surface area (Å²) in [6, 6.07) is 0. The first-order chi connectivity index (χ1) is 8.74. The number of likely N-dealkylation sites (N-methyl/N-ethyl adjacent to an activating group) is 1. The van der Waals surface area contributed by atoms with E-state index >= 15 is 0 Å². The van der Waals surface area contributed by atoms with E-state index < -0.39 is 0 Å². The Kier molecular flexibility index (Phi) is 5.19. The van der Waals surface area contributed by atoms with Gasteiger partial charge in [-0.3, -0.25) is 0 Å². The van der Waals surface area contributed by atoms with Crippen molar-refractivity contribution in [1.82, 2.24) is 4.90 Å². The molecule has 0 aliphatic heterocycles. The number of hydrogen-bond donors (Lipinski definition) is 0. The van der Waals surface area contributed by atoms with Crippen LogP contribution in [-0.2, 0) is 9.53 Å². The summed E-state index contributed by atoms with van der Waals surface area (Å²) in [5.41, 5.74) is -0.0660. The van der Waals surface area contributed by atoms with Crippen LogP contribution in [0.25, 0.3) is 0 Å². The minimum atomic E-state index is -0.0660. The molecule has 0 aromatic rings. The van der Waals surface area contributed by atoms with Crippen molar-refractivity contribution in [2.45, 2.75) is 44.9 Å². The molecule has 0 N–H and O–H groups in total. The third-order valence-corrected chi connectivity index (χ3v) is 4.35. The molecule has 0 saturated heterocycles. The molecular formula is C15H27NO2. The van der Waals surface area contributed by atoms with E-state index in [1.807, 2.05) is 0 Å². The predicted octanol–water partition coefficient (Wildman–Crippen LogP) is 2.49. The molecule has 104 valence electrons. The third kappa shape index (κ3) is 4.36. The molecule has 0 aromatic heterocycles. The average Bonchev–Trinajstić information content (AvgIpc) is 3.20. The number of rotatable bonds is 8. The Bertz CT molecular complexity index is 257. The van der Waals surface area contributed by atoms with Crippen molar-refractivity contribution in [1.29, 1.82) is 0 Å². The number of aldehydes is 1. The van der Waals surface area contributed by atoms with Gasteiger partial charge in [0.1, 0.15) is 6.29 Å². The molecular weight excluding hydrogens is 226 g/mol. The smallest absolute Gasteiger partial charge is 0.127 e. The average molecular weight is 253 g/mol. The summed E-state index contributed by atoms with van der Waals surface area (Å²) < 4.78 is 5.65. The van der Waals surface area contributed by atoms with Crippen molar-refractivity contribution < 1.29 is 9.53 Å². The molecule has 2 aliphatic carbocycles. The Morgan fingerprint density at radius 3 is 2.61 bits per heavy atom. The van der Waals surface area contributed by atoms with E-state index in [2.05, 4.69) is 11.9 Å². The molecule has 0 bridgehead atoms. The highest BCUT2D eigenvalue weighted by Gasteiger charge is 2.32. The van der Waals surface area contributed by atoms with E-state index in [9.17, 15) is 4.79 Å². The summed E-state index contributed by atoms with van der Waals surface area (Å²) in [5, 5.41) is 0. The second-order valence-electron chi connectivity index (χ2n) is 6.30. The molecule has 2 saturated carbocycles. The monoisotopic (exact) mass is 253 g/mol. The van der Waals surface area contributed by atoms with Crippen LogP contribution >= 0.6 is 0 Å². The van der Waals surface area contributed by atoms with Gasteiger partial charge in [-0.25, -0.2) is 0 Å². The molecule has 18 heavy (non-hydrogen) atoms. The van der Waals surface area contributed by atoms with Crippen molar-refractivity contribution in [2.75, 3.05) is 33.4 Å². The van der Waals surface area contributed by atoms with Gasteiger partial charge in [0, 0.05) is 25.1 Å². The van der Waals surface area contributed by atoms with Crippen LogP contribution in [0.2, 0.25) is 0 Å². The third-order valence-electron chi connectivity index (χ3n) is 4.35. The van der Waals surface area contributed by atoms with E-state index in [1.165, 1.54) is 38.4 Å². The lowest BCUT2D eigenvalue weighted by Crippen LogP contribution is -2.39. The maximum atomic E-state index is 11.4. The summed E-state index contributed by atoms with van der Waals surface area (Å²) >= 11 is 0. The van der Waals surface area contributed by atoms with E-state index in [1.54, 1.807) is 0 Å². The molecule has 0 amide bonds. The summed E-state index contributed by atoms with van der Waals surface area (Å²) in [5.74, 6) is 0.843. The Morgan fingerprint density at radius 2 is 2.00 bits per heavy atom. The number of nitrogens with zero attached hydrogens (tertiary/aromatic N) is 1. The van der Waals surface area contributed by atoms with Crippen LogP contribution in [0.15, 0.2) is 0 Å². The zero-order valence-electron chi connectivity index (χ0n) is 11.7. The highest BCUT2D eigenvalue weighted by atomic mass is 16.5. The molecule has 0 unspecified atom stereocenters. The predicted molar refractivity (Wildman–Crippen MR) is 72.6 cm³/mol. The SMILES string of the molecule is CN(CCOCC1CC1)CC1(C=O)CCCCC1. The van der Waals surface area contributed by atoms with Gasteiger partial charge in [0.2, 0.25) is 0 Å². The first-order valence-electron chi connectivity index (χ1n) is 7.47. The quantitative estimate of drug-likeness (QED) is 0.492. The van der Waals surface area contributed by atoms with Gasteiger partial charge in [-0.1, -0.05) is 19.3 Å². The number of carbonyl (C=O) groups is 1. The van der Waals surface area contributed by atoms with Crippen LogP contribution < -0.4 is 0 Å². The van der Waals surface area contributed by atoms with Gasteiger partial charge in [0.15, 0.2) is 0 Å². The van der Waals surface area contributed by atoms with Gasteiger partial charge < -0.3 is 14.4 Å². The zero-order chi connectivity index (χ0) is 12.8. The van der Waals surface area contributed by atoms with Crippen molar-refractivity contribution in [2.24, 2.45) is 11.3 Å². The van der Waals surface area contributed by atoms with Crippen LogP contribution in [0.4, 0.5) is 0 Å². The first kappa shape index (κ1) is 14.0. The highest BCUT2D eigenvalue weighted by molar-refractivity contribution is 5.60. The van der Waals surface area contributed by atoms with Crippen molar-refractivity contribution in [3.63, 3.8) is 0 Å². The molecule has 2 rings (SSSR count). The van der Waals surface area contributed by atoms with E-state index in [0.717, 1.165) is 45.1 Å². The van der Waals surface area contributed by atoms with Crippen molar-refractivity contribution in [3.05, 3.63) is 0 Å². The maximum Gasteiger partial charge on any atom is 0.127 e. The van der Waals surface area contributed by atoms with Gasteiger partial charge in [-0.05, 0) is 38.6 Å². The Labute approximate surface area is 111 Å². The van der Waals surface area contributed by atoms with Gasteiger partial charge in [-0.2, -0.15) is 0 Å². The number of hydrogen-bond acceptors (Lipinski definition) is 3. The van der Waals surface area contributed by atoms with Gasteiger partial charge >= 0.3 is 0 Å². The van der Waals surface area contributed by atoms with E-state index in [-0.39, 0.29) is 5.41 Å². The van der Waals surface area contributed by atoms with Gasteiger partial charge in [-0.15, -0.1) is 0 Å². The topological polar surface area (TPSA) is 29.5 Å². The number of ether oxygens (including phenoxy) is 1. The van der Waals surface area contributed by atoms with Crippen LogP contribution in [0.5, 0.6) is 0 Å². The molecule has 2 fully saturated rings. The van der Waals surface area contributed by atoms with E-state index in [0.29, 0.717) is 0 Å². The number of carbonyl (C=O) groups excluding carboxylic acids is 1. The molecule has 3 nitrogen and oxygen atoms in total. The normalized spacial score (nSPS) is 23.2. The van der Waals surface area contributed by atoms with Gasteiger partial charge in [0.25, 0.3) is 0 Å². The van der Waals surface area contributed by atoms with Crippen LogP contribution in [-0.4, -0.2) is 44.5 Å². The molecule has 3 heteroatoms. The summed E-state index contributed by atoms with van der Waals surface area (Å²) in [6.45, 7) is 3.60. The Hall–Kier alpha value is -0.410. The zero-order valence-corrected chi connectivity index (χ0v) is 11.7. The lowest BCUT2D eigenvalue weighted by molar-refractivity contribution is -0.119. The van der Waals surface area contributed by atoms with Crippen LogP contribution in [0, 0.1) is 11.3 Å². The summed E-state index contributed by atoms with van der Waals surface area (Å²) in [6.07, 6.45) is 9.79. The second-order valence-corrected chi connectivity index (χ2v) is 6.30. The van der Waals surface area contributed by atoms with Crippen molar-refractivity contribution in [3.8, 4) is 0 Å².